The second-order valence-electron chi connectivity index (χ2n) is 5.36. The van der Waals surface area contributed by atoms with Crippen LogP contribution in [0.2, 0.25) is 0 Å². The Bertz CT molecular complexity index is 489. The minimum absolute atomic E-state index is 0.0211. The zero-order chi connectivity index (χ0) is 13.2. The summed E-state index contributed by atoms with van der Waals surface area (Å²) in [6.07, 6.45) is 4.28. The van der Waals surface area contributed by atoms with Crippen LogP contribution in [0.15, 0.2) is 18.2 Å². The van der Waals surface area contributed by atoms with Crippen molar-refractivity contribution in [3.05, 3.63) is 34.9 Å². The van der Waals surface area contributed by atoms with Crippen LogP contribution in [0.25, 0.3) is 0 Å². The molecule has 1 aromatic rings. The maximum absolute atomic E-state index is 12.2. The molecule has 1 amide bonds. The van der Waals surface area contributed by atoms with Gasteiger partial charge in [0.05, 0.1) is 18.6 Å². The fourth-order valence-corrected chi connectivity index (χ4v) is 3.16. The lowest BCUT2D eigenvalue weighted by atomic mass is 9.94. The summed E-state index contributed by atoms with van der Waals surface area (Å²) in [4.78, 5) is 12.2. The highest BCUT2D eigenvalue weighted by Crippen LogP contribution is 2.24. The Morgan fingerprint density at radius 2 is 2.00 bits per heavy atom. The van der Waals surface area contributed by atoms with Gasteiger partial charge in [-0.25, -0.2) is 0 Å². The van der Waals surface area contributed by atoms with E-state index in [1.165, 1.54) is 5.56 Å². The van der Waals surface area contributed by atoms with Crippen LogP contribution < -0.4 is 5.32 Å². The molecule has 3 rings (SSSR count). The van der Waals surface area contributed by atoms with Gasteiger partial charge in [-0.15, -0.1) is 11.6 Å². The standard InChI is InChI=1S/C15H18ClNO2/c16-13-3-1-2-4-14(13)17-15(18)10-5-6-11-8-19-9-12(11)7-10/h5-7,13-14H,1-4,8-9H2,(H,17,18). The summed E-state index contributed by atoms with van der Waals surface area (Å²) in [6, 6.07) is 5.89. The number of carbonyl (C=O) groups excluding carboxylic acids is 1. The first-order valence-corrected chi connectivity index (χ1v) is 7.32. The maximum Gasteiger partial charge on any atom is 0.251 e. The Morgan fingerprint density at radius 1 is 1.21 bits per heavy atom. The Kier molecular flexibility index (Phi) is 3.76. The first-order chi connectivity index (χ1) is 9.24. The highest BCUT2D eigenvalue weighted by molar-refractivity contribution is 6.21. The van der Waals surface area contributed by atoms with Crippen molar-refractivity contribution in [2.75, 3.05) is 0 Å². The van der Waals surface area contributed by atoms with E-state index in [-0.39, 0.29) is 17.3 Å². The third-order valence-electron chi connectivity index (χ3n) is 3.98. The van der Waals surface area contributed by atoms with Gasteiger partial charge in [0, 0.05) is 11.6 Å². The summed E-state index contributed by atoms with van der Waals surface area (Å²) in [6.45, 7) is 1.27. The highest BCUT2D eigenvalue weighted by atomic mass is 35.5. The van der Waals surface area contributed by atoms with Crippen molar-refractivity contribution in [2.45, 2.75) is 50.3 Å². The van der Waals surface area contributed by atoms with Gasteiger partial charge < -0.3 is 10.1 Å². The second kappa shape index (κ2) is 5.51. The minimum Gasteiger partial charge on any atom is -0.372 e. The average Bonchev–Trinajstić information content (AvgIpc) is 2.88. The third-order valence-corrected chi connectivity index (χ3v) is 4.50. The Balaban J connectivity index is 1.70. The maximum atomic E-state index is 12.2. The predicted octanol–water partition coefficient (Wildman–Crippen LogP) is 3.00. The summed E-state index contributed by atoms with van der Waals surface area (Å²) in [5.41, 5.74) is 3.02. The van der Waals surface area contributed by atoms with Crippen molar-refractivity contribution in [2.24, 2.45) is 0 Å². The molecule has 102 valence electrons. The molecule has 1 aliphatic heterocycles. The SMILES string of the molecule is O=C(NC1CCCCC1Cl)c1ccc2c(c1)COC2. The molecule has 0 bridgehead atoms. The van der Waals surface area contributed by atoms with Crippen LogP contribution in [0.3, 0.4) is 0 Å². The lowest BCUT2D eigenvalue weighted by Crippen LogP contribution is -2.42. The molecule has 2 atom stereocenters. The number of fused-ring (bicyclic) bond motifs is 1. The van der Waals surface area contributed by atoms with Crippen molar-refractivity contribution in [3.63, 3.8) is 0 Å². The molecule has 2 aliphatic rings. The molecule has 1 saturated carbocycles. The fraction of sp³-hybridized carbons (Fsp3) is 0.533. The summed E-state index contributed by atoms with van der Waals surface area (Å²) in [7, 11) is 0. The molecular formula is C15H18ClNO2. The Labute approximate surface area is 118 Å². The van der Waals surface area contributed by atoms with Crippen LogP contribution in [0.4, 0.5) is 0 Å². The van der Waals surface area contributed by atoms with Crippen LogP contribution in [-0.2, 0) is 18.0 Å². The molecule has 0 saturated heterocycles. The van der Waals surface area contributed by atoms with E-state index < -0.39 is 0 Å². The van der Waals surface area contributed by atoms with Crippen LogP contribution in [-0.4, -0.2) is 17.3 Å². The van der Waals surface area contributed by atoms with Gasteiger partial charge in [0.15, 0.2) is 0 Å². The number of alkyl halides is 1. The summed E-state index contributed by atoms with van der Waals surface area (Å²) >= 11 is 6.27. The number of carbonyl (C=O) groups is 1. The second-order valence-corrected chi connectivity index (χ2v) is 5.92. The Hall–Kier alpha value is -1.06. The van der Waals surface area contributed by atoms with Crippen molar-refractivity contribution in [1.29, 1.82) is 0 Å². The highest BCUT2D eigenvalue weighted by Gasteiger charge is 2.25. The quantitative estimate of drug-likeness (QED) is 0.845. The van der Waals surface area contributed by atoms with Crippen molar-refractivity contribution < 1.29 is 9.53 Å². The lowest BCUT2D eigenvalue weighted by molar-refractivity contribution is 0.0928. The fourth-order valence-electron chi connectivity index (χ4n) is 2.81. The number of nitrogens with one attached hydrogen (secondary N) is 1. The van der Waals surface area contributed by atoms with E-state index in [0.717, 1.165) is 31.2 Å². The van der Waals surface area contributed by atoms with E-state index in [0.29, 0.717) is 18.8 Å². The van der Waals surface area contributed by atoms with Crippen LogP contribution in [0, 0.1) is 0 Å². The van der Waals surface area contributed by atoms with E-state index in [1.807, 2.05) is 18.2 Å². The van der Waals surface area contributed by atoms with E-state index >= 15 is 0 Å². The predicted molar refractivity (Wildman–Crippen MR) is 74.3 cm³/mol. The molecule has 4 heteroatoms. The molecule has 1 fully saturated rings. The molecule has 0 radical (unpaired) electrons. The molecule has 0 spiro atoms. The van der Waals surface area contributed by atoms with Crippen molar-refractivity contribution in [3.8, 4) is 0 Å². The zero-order valence-electron chi connectivity index (χ0n) is 10.8. The summed E-state index contributed by atoms with van der Waals surface area (Å²) in [5, 5.41) is 3.13. The number of benzene rings is 1. The van der Waals surface area contributed by atoms with Gasteiger partial charge in [-0.2, -0.15) is 0 Å². The first kappa shape index (κ1) is 12.9. The number of rotatable bonds is 2. The van der Waals surface area contributed by atoms with Crippen LogP contribution in [0.5, 0.6) is 0 Å². The van der Waals surface area contributed by atoms with Crippen molar-refractivity contribution in [1.82, 2.24) is 5.32 Å². The van der Waals surface area contributed by atoms with Crippen molar-refractivity contribution >= 4 is 17.5 Å². The molecule has 0 aromatic heterocycles. The first-order valence-electron chi connectivity index (χ1n) is 6.88. The van der Waals surface area contributed by atoms with E-state index in [2.05, 4.69) is 5.32 Å². The number of hydrogen-bond acceptors (Lipinski definition) is 2. The Morgan fingerprint density at radius 3 is 2.84 bits per heavy atom. The number of amides is 1. The minimum atomic E-state index is -0.0211. The van der Waals surface area contributed by atoms with Gasteiger partial charge in [-0.1, -0.05) is 18.9 Å². The van der Waals surface area contributed by atoms with E-state index in [1.54, 1.807) is 0 Å². The zero-order valence-corrected chi connectivity index (χ0v) is 11.6. The molecule has 1 aliphatic carbocycles. The molecule has 3 nitrogen and oxygen atoms in total. The van der Waals surface area contributed by atoms with Gasteiger partial charge in [0.1, 0.15) is 0 Å². The van der Waals surface area contributed by atoms with Gasteiger partial charge in [-0.3, -0.25) is 4.79 Å². The lowest BCUT2D eigenvalue weighted by Gasteiger charge is -2.27. The molecule has 1 heterocycles. The molecule has 19 heavy (non-hydrogen) atoms. The summed E-state index contributed by atoms with van der Waals surface area (Å²) < 4.78 is 5.36. The summed E-state index contributed by atoms with van der Waals surface area (Å²) in [5.74, 6) is -0.0211. The third kappa shape index (κ3) is 2.77. The largest absolute Gasteiger partial charge is 0.372 e. The van der Waals surface area contributed by atoms with Gasteiger partial charge >= 0.3 is 0 Å². The molecule has 1 N–H and O–H groups in total. The van der Waals surface area contributed by atoms with E-state index in [4.69, 9.17) is 16.3 Å². The number of halogens is 1. The van der Waals surface area contributed by atoms with Crippen LogP contribution >= 0.6 is 11.6 Å². The van der Waals surface area contributed by atoms with Gasteiger partial charge in [0.25, 0.3) is 5.91 Å². The van der Waals surface area contributed by atoms with Gasteiger partial charge in [-0.05, 0) is 36.1 Å². The molecule has 2 unspecified atom stereocenters. The number of ether oxygens (including phenoxy) is 1. The topological polar surface area (TPSA) is 38.3 Å². The number of hydrogen-bond donors (Lipinski definition) is 1. The molecule has 1 aromatic carbocycles. The average molecular weight is 280 g/mol. The van der Waals surface area contributed by atoms with Crippen LogP contribution in [0.1, 0.15) is 47.2 Å². The smallest absolute Gasteiger partial charge is 0.251 e. The normalized spacial score (nSPS) is 25.9. The van der Waals surface area contributed by atoms with E-state index in [9.17, 15) is 4.79 Å². The van der Waals surface area contributed by atoms with Gasteiger partial charge in [0.2, 0.25) is 0 Å². The molecular weight excluding hydrogens is 262 g/mol. The monoisotopic (exact) mass is 279 g/mol.